The first-order valence-electron chi connectivity index (χ1n) is 11.3. The summed E-state index contributed by atoms with van der Waals surface area (Å²) in [6, 6.07) is 9.01. The summed E-state index contributed by atoms with van der Waals surface area (Å²) in [7, 11) is 0. The van der Waals surface area contributed by atoms with E-state index in [4.69, 9.17) is 4.74 Å². The maximum absolute atomic E-state index is 13.8. The molecule has 1 aliphatic heterocycles. The van der Waals surface area contributed by atoms with Crippen LogP contribution in [0.5, 0.6) is 0 Å². The van der Waals surface area contributed by atoms with Gasteiger partial charge in [-0.3, -0.25) is 14.4 Å². The standard InChI is InChI=1S/C24H32N2O4/c1-4-30-22(28)19-18-15(2)24(3,25-21(27)16-11-7-5-8-12-16)23(29)26(20(18)19)17-13-9-6-10-14-17/h5,7-8,11-12,15,17-20H,4,6,9-10,13-14H2,1-3H3,(H,25,27)/t15-,18-,19+,20-,24+/m0/s1. The number of amides is 2. The fourth-order valence-electron chi connectivity index (χ4n) is 5.63. The van der Waals surface area contributed by atoms with E-state index in [1.807, 2.05) is 43.9 Å². The maximum Gasteiger partial charge on any atom is 0.311 e. The molecule has 1 aromatic rings. The van der Waals surface area contributed by atoms with Gasteiger partial charge in [-0.25, -0.2) is 0 Å². The molecule has 2 aliphatic carbocycles. The van der Waals surface area contributed by atoms with Crippen LogP contribution in [0, 0.1) is 17.8 Å². The minimum absolute atomic E-state index is 0.0183. The number of rotatable bonds is 5. The van der Waals surface area contributed by atoms with E-state index in [9.17, 15) is 14.4 Å². The van der Waals surface area contributed by atoms with Crippen LogP contribution in [0.1, 0.15) is 63.2 Å². The van der Waals surface area contributed by atoms with Crippen molar-refractivity contribution in [2.45, 2.75) is 70.5 Å². The van der Waals surface area contributed by atoms with Gasteiger partial charge in [0.05, 0.1) is 12.5 Å². The van der Waals surface area contributed by atoms with E-state index in [0.717, 1.165) is 25.7 Å². The highest BCUT2D eigenvalue weighted by molar-refractivity contribution is 6.00. The van der Waals surface area contributed by atoms with Gasteiger partial charge in [0.15, 0.2) is 0 Å². The molecule has 2 amide bonds. The van der Waals surface area contributed by atoms with Gasteiger partial charge in [-0.05, 0) is 44.7 Å². The van der Waals surface area contributed by atoms with Crippen molar-refractivity contribution in [2.24, 2.45) is 17.8 Å². The molecule has 1 heterocycles. The lowest BCUT2D eigenvalue weighted by atomic mass is 9.77. The van der Waals surface area contributed by atoms with Gasteiger partial charge in [-0.2, -0.15) is 0 Å². The lowest BCUT2D eigenvalue weighted by Crippen LogP contribution is -2.67. The summed E-state index contributed by atoms with van der Waals surface area (Å²) in [5.41, 5.74) is -0.518. The van der Waals surface area contributed by atoms with Gasteiger partial charge in [0, 0.05) is 23.6 Å². The molecule has 30 heavy (non-hydrogen) atoms. The first-order valence-corrected chi connectivity index (χ1v) is 11.3. The number of carbonyl (C=O) groups is 3. The minimum Gasteiger partial charge on any atom is -0.466 e. The van der Waals surface area contributed by atoms with E-state index < -0.39 is 5.54 Å². The zero-order valence-electron chi connectivity index (χ0n) is 18.1. The zero-order valence-corrected chi connectivity index (χ0v) is 18.1. The summed E-state index contributed by atoms with van der Waals surface area (Å²) in [4.78, 5) is 41.4. The third kappa shape index (κ3) is 3.40. The van der Waals surface area contributed by atoms with Crippen LogP contribution >= 0.6 is 0 Å². The molecule has 162 valence electrons. The maximum atomic E-state index is 13.8. The second-order valence-electron chi connectivity index (χ2n) is 9.16. The summed E-state index contributed by atoms with van der Waals surface area (Å²) < 4.78 is 5.33. The second-order valence-corrected chi connectivity index (χ2v) is 9.16. The van der Waals surface area contributed by atoms with E-state index in [1.54, 1.807) is 12.1 Å². The molecule has 1 saturated heterocycles. The SMILES string of the molecule is CCOC(=O)[C@@H]1[C@H]2[C@@H]1N(C1CCCCC1)C(=O)[C@](C)(NC(=O)c1ccccc1)[C@H]2C. The van der Waals surface area contributed by atoms with Gasteiger partial charge < -0.3 is 15.0 Å². The largest absolute Gasteiger partial charge is 0.466 e. The fourth-order valence-corrected chi connectivity index (χ4v) is 5.63. The van der Waals surface area contributed by atoms with Crippen molar-refractivity contribution < 1.29 is 19.1 Å². The van der Waals surface area contributed by atoms with Crippen LogP contribution in [0.15, 0.2) is 30.3 Å². The highest BCUT2D eigenvalue weighted by atomic mass is 16.5. The highest BCUT2D eigenvalue weighted by Gasteiger charge is 2.71. The summed E-state index contributed by atoms with van der Waals surface area (Å²) in [5, 5.41) is 3.05. The van der Waals surface area contributed by atoms with Crippen molar-refractivity contribution in [1.29, 1.82) is 0 Å². The van der Waals surface area contributed by atoms with Crippen LogP contribution in [0.25, 0.3) is 0 Å². The average Bonchev–Trinajstić information content (AvgIpc) is 3.49. The van der Waals surface area contributed by atoms with Crippen LogP contribution in [-0.4, -0.2) is 46.9 Å². The monoisotopic (exact) mass is 412 g/mol. The predicted molar refractivity (Wildman–Crippen MR) is 113 cm³/mol. The number of carbonyl (C=O) groups excluding carboxylic acids is 3. The smallest absolute Gasteiger partial charge is 0.311 e. The summed E-state index contributed by atoms with van der Waals surface area (Å²) in [6.07, 6.45) is 5.30. The van der Waals surface area contributed by atoms with Crippen molar-refractivity contribution >= 4 is 17.8 Å². The Morgan fingerprint density at radius 3 is 2.47 bits per heavy atom. The molecular weight excluding hydrogens is 380 g/mol. The van der Waals surface area contributed by atoms with Crippen LogP contribution in [0.2, 0.25) is 0 Å². The lowest BCUT2D eigenvalue weighted by molar-refractivity contribution is -0.148. The van der Waals surface area contributed by atoms with Crippen LogP contribution in [-0.2, 0) is 14.3 Å². The van der Waals surface area contributed by atoms with Gasteiger partial charge in [0.1, 0.15) is 5.54 Å². The van der Waals surface area contributed by atoms with E-state index in [1.165, 1.54) is 6.42 Å². The highest BCUT2D eigenvalue weighted by Crippen LogP contribution is 2.57. The van der Waals surface area contributed by atoms with E-state index in [2.05, 4.69) is 5.32 Å². The Labute approximate surface area is 178 Å². The van der Waals surface area contributed by atoms with Gasteiger partial charge in [-0.1, -0.05) is 44.4 Å². The molecule has 1 aromatic carbocycles. The number of likely N-dealkylation sites (tertiary alicyclic amines) is 1. The summed E-state index contributed by atoms with van der Waals surface area (Å²) >= 11 is 0. The molecule has 0 spiro atoms. The van der Waals surface area contributed by atoms with E-state index in [0.29, 0.717) is 12.2 Å². The quantitative estimate of drug-likeness (QED) is 0.754. The number of hydrogen-bond donors (Lipinski definition) is 1. The summed E-state index contributed by atoms with van der Waals surface area (Å²) in [5.74, 6) is -0.956. The predicted octanol–water partition coefficient (Wildman–Crippen LogP) is 3.16. The topological polar surface area (TPSA) is 75.7 Å². The molecule has 0 unspecified atom stereocenters. The Hall–Kier alpha value is -2.37. The number of piperidine rings is 1. The Bertz CT molecular complexity index is 820. The van der Waals surface area contributed by atoms with Crippen molar-refractivity contribution in [3.05, 3.63) is 35.9 Å². The first kappa shape index (κ1) is 20.9. The molecule has 6 heteroatoms. The van der Waals surface area contributed by atoms with Crippen LogP contribution < -0.4 is 5.32 Å². The van der Waals surface area contributed by atoms with Crippen molar-refractivity contribution in [3.63, 3.8) is 0 Å². The molecule has 0 radical (unpaired) electrons. The van der Waals surface area contributed by atoms with Crippen molar-refractivity contribution in [2.75, 3.05) is 6.61 Å². The van der Waals surface area contributed by atoms with E-state index >= 15 is 0 Å². The van der Waals surface area contributed by atoms with Gasteiger partial charge >= 0.3 is 5.97 Å². The molecule has 0 bridgehead atoms. The molecule has 1 N–H and O–H groups in total. The molecule has 3 fully saturated rings. The van der Waals surface area contributed by atoms with Gasteiger partial charge in [-0.15, -0.1) is 0 Å². The Kier molecular flexibility index (Phi) is 5.60. The molecule has 4 rings (SSSR count). The number of benzene rings is 1. The summed E-state index contributed by atoms with van der Waals surface area (Å²) in [6.45, 7) is 5.95. The third-order valence-electron chi connectivity index (χ3n) is 7.46. The number of nitrogens with one attached hydrogen (secondary N) is 1. The van der Waals surface area contributed by atoms with Gasteiger partial charge in [0.2, 0.25) is 5.91 Å². The molecule has 3 aliphatic rings. The molecule has 6 nitrogen and oxygen atoms in total. The first-order chi connectivity index (χ1) is 14.4. The Balaban J connectivity index is 1.64. The number of fused-ring (bicyclic) bond motifs is 1. The molecule has 5 atom stereocenters. The third-order valence-corrected chi connectivity index (χ3v) is 7.46. The number of ether oxygens (including phenoxy) is 1. The van der Waals surface area contributed by atoms with E-state index in [-0.39, 0.29) is 47.6 Å². The molecular formula is C24H32N2O4. The Morgan fingerprint density at radius 2 is 1.83 bits per heavy atom. The van der Waals surface area contributed by atoms with Gasteiger partial charge in [0.25, 0.3) is 5.91 Å². The average molecular weight is 413 g/mol. The van der Waals surface area contributed by atoms with Crippen molar-refractivity contribution in [1.82, 2.24) is 10.2 Å². The zero-order chi connectivity index (χ0) is 21.5. The molecule has 0 aromatic heterocycles. The lowest BCUT2D eigenvalue weighted by Gasteiger charge is -2.47. The number of esters is 1. The molecule has 2 saturated carbocycles. The number of nitrogens with zero attached hydrogens (tertiary/aromatic N) is 1. The van der Waals surface area contributed by atoms with Crippen molar-refractivity contribution in [3.8, 4) is 0 Å². The fraction of sp³-hybridized carbons (Fsp3) is 0.625. The normalized spacial score (nSPS) is 33.6. The number of hydrogen-bond acceptors (Lipinski definition) is 4. The van der Waals surface area contributed by atoms with Crippen LogP contribution in [0.3, 0.4) is 0 Å². The second kappa shape index (κ2) is 8.05. The minimum atomic E-state index is -1.05. The van der Waals surface area contributed by atoms with Crippen LogP contribution in [0.4, 0.5) is 0 Å². The Morgan fingerprint density at radius 1 is 1.17 bits per heavy atom.